The minimum atomic E-state index is -4.58. The van der Waals surface area contributed by atoms with Gasteiger partial charge in [-0.2, -0.15) is 0 Å². The average molecular weight is 1210 g/mol. The highest BCUT2D eigenvalue weighted by Gasteiger charge is 2.24. The molecule has 0 rings (SSSR count). The van der Waals surface area contributed by atoms with E-state index in [1.54, 1.807) is 0 Å². The first-order chi connectivity index (χ1) is 41.0. The van der Waals surface area contributed by atoms with Crippen molar-refractivity contribution in [2.24, 2.45) is 0 Å². The number of hydrogen-bond donors (Lipinski definition) is 2. The maximum atomic E-state index is 13.1. The number of phosphoric ester groups is 1. The number of allylic oxidation sites excluding steroid dienone is 2. The monoisotopic (exact) mass is 1210 g/mol. The van der Waals surface area contributed by atoms with Crippen LogP contribution in [0.2, 0.25) is 0 Å². The van der Waals surface area contributed by atoms with E-state index in [1.807, 2.05) is 21.1 Å². The van der Waals surface area contributed by atoms with Gasteiger partial charge in [0, 0.05) is 6.42 Å². The number of aliphatic hydroxyl groups excluding tert-OH is 1. The Labute approximate surface area is 526 Å². The predicted molar refractivity (Wildman–Crippen MR) is 367 cm³/mol. The molecule has 0 bridgehead atoms. The molecular formula is C75H151N2O6P. The number of rotatable bonds is 72. The van der Waals surface area contributed by atoms with Crippen LogP contribution in [0.25, 0.3) is 0 Å². The Hall–Kier alpha value is -0.760. The van der Waals surface area contributed by atoms with Gasteiger partial charge >= 0.3 is 0 Å². The Kier molecular flexibility index (Phi) is 66.1. The van der Waals surface area contributed by atoms with Crippen molar-refractivity contribution in [3.8, 4) is 0 Å². The lowest BCUT2D eigenvalue weighted by Crippen LogP contribution is -2.46. The Morgan fingerprint density at radius 3 is 0.929 bits per heavy atom. The lowest BCUT2D eigenvalue weighted by molar-refractivity contribution is -0.870. The van der Waals surface area contributed by atoms with Crippen LogP contribution in [0.4, 0.5) is 0 Å². The standard InChI is InChI=1S/C75H151N2O6P/c1-6-8-10-12-14-16-18-20-22-24-26-28-30-31-32-33-34-35-36-37-38-39-40-41-42-43-44-45-47-49-51-53-55-57-59-61-63-65-67-69-75(79)76-73(72-83-84(80,81)82-71-70-77(3,4)5)74(78)68-66-64-62-60-58-56-54-52-50-48-46-29-27-25-23-21-19-17-15-13-11-9-7-2/h37-38,73-74,78H,6-36,39-72H2,1-5H3,(H-,76,79,80,81)/b38-37-. The molecule has 0 aromatic carbocycles. The molecule has 0 aliphatic carbocycles. The van der Waals surface area contributed by atoms with E-state index in [2.05, 4.69) is 31.3 Å². The van der Waals surface area contributed by atoms with Gasteiger partial charge < -0.3 is 28.8 Å². The van der Waals surface area contributed by atoms with Crippen LogP contribution in [0.3, 0.4) is 0 Å². The van der Waals surface area contributed by atoms with Gasteiger partial charge in [0.05, 0.1) is 39.9 Å². The molecule has 3 atom stereocenters. The Balaban J connectivity index is 3.89. The zero-order valence-electron chi connectivity index (χ0n) is 57.7. The molecule has 0 saturated carbocycles. The number of likely N-dealkylation sites (N-methyl/N-ethyl adjacent to an activating group) is 1. The fraction of sp³-hybridized carbons (Fsp3) is 0.960. The highest BCUT2D eigenvalue weighted by atomic mass is 31.2. The summed E-state index contributed by atoms with van der Waals surface area (Å²) in [5.41, 5.74) is 0. The molecule has 9 heteroatoms. The lowest BCUT2D eigenvalue weighted by Gasteiger charge is -2.30. The van der Waals surface area contributed by atoms with Crippen molar-refractivity contribution in [1.82, 2.24) is 5.32 Å². The van der Waals surface area contributed by atoms with E-state index in [0.29, 0.717) is 23.9 Å². The smallest absolute Gasteiger partial charge is 0.268 e. The molecule has 0 saturated heterocycles. The molecule has 0 radical (unpaired) electrons. The van der Waals surface area contributed by atoms with Gasteiger partial charge in [-0.15, -0.1) is 0 Å². The van der Waals surface area contributed by atoms with E-state index < -0.39 is 20.0 Å². The summed E-state index contributed by atoms with van der Waals surface area (Å²) in [7, 11) is 1.33. The first-order valence-electron chi connectivity index (χ1n) is 38.0. The third-order valence-corrected chi connectivity index (χ3v) is 19.0. The summed E-state index contributed by atoms with van der Waals surface area (Å²) in [6.45, 7) is 4.80. The first-order valence-corrected chi connectivity index (χ1v) is 39.5. The van der Waals surface area contributed by atoms with Crippen LogP contribution < -0.4 is 10.2 Å². The van der Waals surface area contributed by atoms with Gasteiger partial charge in [-0.3, -0.25) is 9.36 Å². The number of aliphatic hydroxyl groups is 1. The largest absolute Gasteiger partial charge is 0.756 e. The van der Waals surface area contributed by atoms with Gasteiger partial charge in [-0.05, 0) is 38.5 Å². The van der Waals surface area contributed by atoms with Crippen LogP contribution >= 0.6 is 7.82 Å². The van der Waals surface area contributed by atoms with Crippen molar-refractivity contribution in [3.63, 3.8) is 0 Å². The van der Waals surface area contributed by atoms with Crippen molar-refractivity contribution < 1.29 is 32.9 Å². The van der Waals surface area contributed by atoms with Gasteiger partial charge in [0.2, 0.25) is 5.91 Å². The van der Waals surface area contributed by atoms with Crippen LogP contribution in [0.15, 0.2) is 12.2 Å². The van der Waals surface area contributed by atoms with E-state index in [0.717, 1.165) is 38.5 Å². The van der Waals surface area contributed by atoms with E-state index in [4.69, 9.17) is 9.05 Å². The summed E-state index contributed by atoms with van der Waals surface area (Å²) < 4.78 is 23.6. The van der Waals surface area contributed by atoms with Gasteiger partial charge in [-0.25, -0.2) is 0 Å². The van der Waals surface area contributed by atoms with Gasteiger partial charge in [0.25, 0.3) is 7.82 Å². The number of hydrogen-bond acceptors (Lipinski definition) is 6. The van der Waals surface area contributed by atoms with E-state index in [1.165, 1.54) is 347 Å². The Morgan fingerprint density at radius 2 is 0.655 bits per heavy atom. The van der Waals surface area contributed by atoms with Crippen molar-refractivity contribution >= 4 is 13.7 Å². The molecule has 84 heavy (non-hydrogen) atoms. The van der Waals surface area contributed by atoms with Gasteiger partial charge in [0.1, 0.15) is 13.2 Å². The zero-order valence-corrected chi connectivity index (χ0v) is 58.5. The molecule has 0 aromatic heterocycles. The normalized spacial score (nSPS) is 13.6. The number of amides is 1. The highest BCUT2D eigenvalue weighted by molar-refractivity contribution is 7.45. The van der Waals surface area contributed by atoms with E-state index in [-0.39, 0.29) is 19.1 Å². The quantitative estimate of drug-likeness (QED) is 0.0272. The van der Waals surface area contributed by atoms with Crippen LogP contribution in [0.1, 0.15) is 412 Å². The summed E-state index contributed by atoms with van der Waals surface area (Å²) in [5, 5.41) is 14.1. The SMILES string of the molecule is CCCCCCCCCCCCCCCCCCCC/C=C\CCCCCCCCCCCCCCCCCCCC(=O)NC(COP(=O)([O-])OCC[N+](C)(C)C)C(O)CCCCCCCCCCCCCCCCCCCCCCCCC. The lowest BCUT2D eigenvalue weighted by atomic mass is 10.0. The number of carbonyl (C=O) groups is 1. The van der Waals surface area contributed by atoms with Crippen molar-refractivity contribution in [3.05, 3.63) is 12.2 Å². The van der Waals surface area contributed by atoms with Crippen molar-refractivity contribution in [2.45, 2.75) is 424 Å². The van der Waals surface area contributed by atoms with Crippen molar-refractivity contribution in [1.29, 1.82) is 0 Å². The Bertz CT molecular complexity index is 1370. The number of nitrogens with zero attached hydrogens (tertiary/aromatic N) is 1. The maximum absolute atomic E-state index is 13.1. The molecular weight excluding hydrogens is 1060 g/mol. The second kappa shape index (κ2) is 66.7. The van der Waals surface area contributed by atoms with Gasteiger partial charge in [-0.1, -0.05) is 379 Å². The molecule has 0 aliphatic rings. The summed E-state index contributed by atoms with van der Waals surface area (Å²) in [6, 6.07) is -0.799. The summed E-state index contributed by atoms with van der Waals surface area (Å²) in [4.78, 5) is 25.7. The molecule has 0 aromatic rings. The van der Waals surface area contributed by atoms with Crippen LogP contribution in [-0.2, 0) is 18.4 Å². The molecule has 8 nitrogen and oxygen atoms in total. The third-order valence-electron chi connectivity index (χ3n) is 18.0. The average Bonchev–Trinajstić information content (AvgIpc) is 3.56. The second-order valence-corrected chi connectivity index (χ2v) is 29.1. The summed E-state index contributed by atoms with van der Waals surface area (Å²) >= 11 is 0. The molecule has 3 unspecified atom stereocenters. The second-order valence-electron chi connectivity index (χ2n) is 27.7. The summed E-state index contributed by atoms with van der Waals surface area (Å²) in [6.07, 6.45) is 86.1. The number of nitrogens with one attached hydrogen (secondary N) is 1. The predicted octanol–water partition coefficient (Wildman–Crippen LogP) is 23.8. The molecule has 2 N–H and O–H groups in total. The molecule has 0 fully saturated rings. The molecule has 1 amide bonds. The minimum Gasteiger partial charge on any atom is -0.756 e. The molecule has 0 heterocycles. The number of phosphoric acid groups is 1. The fourth-order valence-corrected chi connectivity index (χ4v) is 12.8. The van der Waals surface area contributed by atoms with E-state index in [9.17, 15) is 19.4 Å². The van der Waals surface area contributed by atoms with Crippen LogP contribution in [0, 0.1) is 0 Å². The molecule has 0 spiro atoms. The van der Waals surface area contributed by atoms with E-state index >= 15 is 0 Å². The fourth-order valence-electron chi connectivity index (χ4n) is 12.1. The molecule has 0 aliphatic heterocycles. The van der Waals surface area contributed by atoms with Crippen LogP contribution in [0.5, 0.6) is 0 Å². The van der Waals surface area contributed by atoms with Gasteiger partial charge in [0.15, 0.2) is 0 Å². The third kappa shape index (κ3) is 68.7. The highest BCUT2D eigenvalue weighted by Crippen LogP contribution is 2.38. The Morgan fingerprint density at radius 1 is 0.405 bits per heavy atom. The molecule has 502 valence electrons. The number of quaternary nitrogens is 1. The maximum Gasteiger partial charge on any atom is 0.268 e. The first kappa shape index (κ1) is 83.2. The zero-order chi connectivity index (χ0) is 61.2. The summed E-state index contributed by atoms with van der Waals surface area (Å²) in [5.74, 6) is -0.155. The van der Waals surface area contributed by atoms with Crippen LogP contribution in [-0.4, -0.2) is 68.5 Å². The number of unbranched alkanes of at least 4 members (excludes halogenated alkanes) is 57. The van der Waals surface area contributed by atoms with Crippen molar-refractivity contribution in [2.75, 3.05) is 40.9 Å². The topological polar surface area (TPSA) is 108 Å². The number of carbonyl (C=O) groups excluding carboxylic acids is 1. The minimum absolute atomic E-state index is 0.0158.